The Balaban J connectivity index is 1.74. The molecule has 1 aliphatic rings. The molecule has 1 saturated heterocycles. The van der Waals surface area contributed by atoms with Gasteiger partial charge in [0, 0.05) is 29.4 Å². The number of thiocarbonyl (C=S) groups is 1. The highest BCUT2D eigenvalue weighted by molar-refractivity contribution is 7.80. The number of nitrogens with one attached hydrogen (secondary N) is 2. The summed E-state index contributed by atoms with van der Waals surface area (Å²) in [6.45, 7) is 1.49. The van der Waals surface area contributed by atoms with E-state index < -0.39 is 0 Å². The maximum atomic E-state index is 11.3. The summed E-state index contributed by atoms with van der Waals surface area (Å²) in [5, 5.41) is 6.82. The van der Waals surface area contributed by atoms with E-state index in [0.717, 1.165) is 26.3 Å². The van der Waals surface area contributed by atoms with Crippen LogP contribution in [0.2, 0.25) is 4.34 Å². The normalized spacial score (nSPS) is 18.8. The number of pyridine rings is 1. The summed E-state index contributed by atoms with van der Waals surface area (Å²) in [6, 6.07) is 17.2. The van der Waals surface area contributed by atoms with Crippen LogP contribution in [0.1, 0.15) is 29.6 Å². The van der Waals surface area contributed by atoms with Crippen molar-refractivity contribution in [2.24, 2.45) is 0 Å². The van der Waals surface area contributed by atoms with E-state index in [4.69, 9.17) is 23.8 Å². The predicted octanol–water partition coefficient (Wildman–Crippen LogP) is 4.93. The van der Waals surface area contributed by atoms with Gasteiger partial charge in [0.05, 0.1) is 22.1 Å². The van der Waals surface area contributed by atoms with Crippen LogP contribution in [0.3, 0.4) is 0 Å². The molecule has 1 fully saturated rings. The van der Waals surface area contributed by atoms with Gasteiger partial charge in [0.25, 0.3) is 0 Å². The van der Waals surface area contributed by atoms with Gasteiger partial charge in [-0.1, -0.05) is 17.7 Å². The molecule has 0 spiro atoms. The van der Waals surface area contributed by atoms with Gasteiger partial charge in [-0.2, -0.15) is 0 Å². The highest BCUT2D eigenvalue weighted by atomic mass is 35.5. The minimum Gasteiger partial charge on any atom is -0.351 e. The van der Waals surface area contributed by atoms with Crippen LogP contribution in [0.4, 0.5) is 11.4 Å². The van der Waals surface area contributed by atoms with E-state index in [1.807, 2.05) is 54.6 Å². The van der Waals surface area contributed by atoms with Crippen molar-refractivity contribution in [3.63, 3.8) is 0 Å². The molecule has 1 aromatic carbocycles. The second-order valence-corrected chi connectivity index (χ2v) is 8.50. The molecule has 2 unspecified atom stereocenters. The molecule has 28 heavy (non-hydrogen) atoms. The highest BCUT2D eigenvalue weighted by Gasteiger charge is 2.41. The number of anilines is 2. The standard InChI is InChI=1S/C20H17ClN4OS2/c1-12(26)23-13-5-7-14(8-6-13)25-19(16-9-10-17(21)28-16)18(24-20(25)27)15-4-2-3-11-22-15/h2-11,18-19H,1H3,(H,23,26)(H,24,27). The molecule has 1 amide bonds. The van der Waals surface area contributed by atoms with Crippen LogP contribution in [0.15, 0.2) is 60.8 Å². The number of hydrogen-bond donors (Lipinski definition) is 2. The fourth-order valence-corrected chi connectivity index (χ4v) is 4.85. The highest BCUT2D eigenvalue weighted by Crippen LogP contribution is 2.44. The number of rotatable bonds is 4. The van der Waals surface area contributed by atoms with E-state index in [2.05, 4.69) is 20.5 Å². The summed E-state index contributed by atoms with van der Waals surface area (Å²) in [5.41, 5.74) is 2.59. The van der Waals surface area contributed by atoms with E-state index in [0.29, 0.717) is 5.11 Å². The third kappa shape index (κ3) is 3.73. The van der Waals surface area contributed by atoms with Crippen molar-refractivity contribution in [3.05, 3.63) is 75.7 Å². The minimum absolute atomic E-state index is 0.0773. The van der Waals surface area contributed by atoms with Gasteiger partial charge in [-0.3, -0.25) is 9.78 Å². The summed E-state index contributed by atoms with van der Waals surface area (Å²) < 4.78 is 0.730. The van der Waals surface area contributed by atoms with Crippen LogP contribution >= 0.6 is 35.2 Å². The van der Waals surface area contributed by atoms with Crippen LogP contribution in [-0.2, 0) is 4.79 Å². The lowest BCUT2D eigenvalue weighted by molar-refractivity contribution is -0.114. The average molecular weight is 429 g/mol. The molecular weight excluding hydrogens is 412 g/mol. The molecular formula is C20H17ClN4OS2. The molecule has 2 N–H and O–H groups in total. The maximum absolute atomic E-state index is 11.3. The average Bonchev–Trinajstić information content (AvgIpc) is 3.26. The molecule has 142 valence electrons. The number of aromatic nitrogens is 1. The van der Waals surface area contributed by atoms with Crippen molar-refractivity contribution >= 4 is 57.5 Å². The molecule has 2 aromatic heterocycles. The first-order chi connectivity index (χ1) is 13.5. The smallest absolute Gasteiger partial charge is 0.221 e. The van der Waals surface area contributed by atoms with Crippen LogP contribution in [0, 0.1) is 0 Å². The Bertz CT molecular complexity index is 1010. The van der Waals surface area contributed by atoms with Crippen molar-refractivity contribution in [2.75, 3.05) is 10.2 Å². The zero-order valence-electron chi connectivity index (χ0n) is 14.9. The number of amides is 1. The first-order valence-corrected chi connectivity index (χ1v) is 10.3. The second-order valence-electron chi connectivity index (χ2n) is 6.37. The molecule has 4 rings (SSSR count). The van der Waals surface area contributed by atoms with Gasteiger partial charge in [-0.05, 0) is 60.7 Å². The Morgan fingerprint density at radius 2 is 2.00 bits per heavy atom. The Hall–Kier alpha value is -2.48. The quantitative estimate of drug-likeness (QED) is 0.577. The molecule has 8 heteroatoms. The van der Waals surface area contributed by atoms with E-state index in [1.165, 1.54) is 18.3 Å². The number of halogens is 1. The molecule has 0 aliphatic carbocycles. The van der Waals surface area contributed by atoms with Gasteiger partial charge < -0.3 is 15.5 Å². The zero-order chi connectivity index (χ0) is 19.7. The monoisotopic (exact) mass is 428 g/mol. The van der Waals surface area contributed by atoms with Crippen LogP contribution in [0.5, 0.6) is 0 Å². The van der Waals surface area contributed by atoms with Gasteiger partial charge in [0.15, 0.2) is 5.11 Å². The van der Waals surface area contributed by atoms with E-state index in [1.54, 1.807) is 6.20 Å². The number of hydrogen-bond acceptors (Lipinski definition) is 4. The van der Waals surface area contributed by atoms with Crippen LogP contribution in [0.25, 0.3) is 0 Å². The fraction of sp³-hybridized carbons (Fsp3) is 0.150. The van der Waals surface area contributed by atoms with Crippen molar-refractivity contribution in [2.45, 2.75) is 19.0 Å². The second kappa shape index (κ2) is 7.87. The first-order valence-electron chi connectivity index (χ1n) is 8.66. The first kappa shape index (κ1) is 18.9. The fourth-order valence-electron chi connectivity index (χ4n) is 3.32. The van der Waals surface area contributed by atoms with Gasteiger partial charge in [-0.15, -0.1) is 11.3 Å². The number of carbonyl (C=O) groups excluding carboxylic acids is 1. The number of thiophene rings is 1. The number of benzene rings is 1. The molecule has 0 radical (unpaired) electrons. The maximum Gasteiger partial charge on any atom is 0.221 e. The lowest BCUT2D eigenvalue weighted by Crippen LogP contribution is -2.29. The number of carbonyl (C=O) groups is 1. The van der Waals surface area contributed by atoms with Crippen molar-refractivity contribution < 1.29 is 4.79 Å². The SMILES string of the molecule is CC(=O)Nc1ccc(N2C(=S)NC(c3ccccn3)C2c2ccc(Cl)s2)cc1. The minimum atomic E-state index is -0.104. The van der Waals surface area contributed by atoms with Crippen molar-refractivity contribution in [1.29, 1.82) is 0 Å². The predicted molar refractivity (Wildman–Crippen MR) is 118 cm³/mol. The third-order valence-electron chi connectivity index (χ3n) is 4.45. The van der Waals surface area contributed by atoms with Gasteiger partial charge in [0.1, 0.15) is 0 Å². The molecule has 2 atom stereocenters. The summed E-state index contributed by atoms with van der Waals surface area (Å²) >= 11 is 13.4. The van der Waals surface area contributed by atoms with E-state index in [9.17, 15) is 4.79 Å². The summed E-state index contributed by atoms with van der Waals surface area (Å²) in [5.74, 6) is -0.104. The molecule has 3 heterocycles. The van der Waals surface area contributed by atoms with Gasteiger partial charge in [0.2, 0.25) is 5.91 Å². The Labute approximate surface area is 177 Å². The number of nitrogens with zero attached hydrogens (tertiary/aromatic N) is 2. The Morgan fingerprint density at radius 3 is 2.61 bits per heavy atom. The van der Waals surface area contributed by atoms with E-state index >= 15 is 0 Å². The summed E-state index contributed by atoms with van der Waals surface area (Å²) in [4.78, 5) is 19.0. The van der Waals surface area contributed by atoms with Crippen LogP contribution in [-0.4, -0.2) is 16.0 Å². The van der Waals surface area contributed by atoms with Gasteiger partial charge in [-0.25, -0.2) is 0 Å². The lowest BCUT2D eigenvalue weighted by atomic mass is 10.0. The largest absolute Gasteiger partial charge is 0.351 e. The summed E-state index contributed by atoms with van der Waals surface area (Å²) in [6.07, 6.45) is 1.78. The van der Waals surface area contributed by atoms with Crippen molar-refractivity contribution in [3.8, 4) is 0 Å². The van der Waals surface area contributed by atoms with Gasteiger partial charge >= 0.3 is 0 Å². The van der Waals surface area contributed by atoms with E-state index in [-0.39, 0.29) is 18.0 Å². The molecule has 0 saturated carbocycles. The van der Waals surface area contributed by atoms with Crippen LogP contribution < -0.4 is 15.5 Å². The lowest BCUT2D eigenvalue weighted by Gasteiger charge is -2.27. The van der Waals surface area contributed by atoms with Crippen molar-refractivity contribution in [1.82, 2.24) is 10.3 Å². The third-order valence-corrected chi connectivity index (χ3v) is 6.07. The Morgan fingerprint density at radius 1 is 1.21 bits per heavy atom. The molecule has 0 bridgehead atoms. The summed E-state index contributed by atoms with van der Waals surface area (Å²) in [7, 11) is 0. The zero-order valence-corrected chi connectivity index (χ0v) is 17.3. The molecule has 1 aliphatic heterocycles. The molecule has 3 aromatic rings. The molecule has 5 nitrogen and oxygen atoms in total. The Kier molecular flexibility index (Phi) is 5.30. The topological polar surface area (TPSA) is 57.3 Å².